The Hall–Kier alpha value is -2.18. The highest BCUT2D eigenvalue weighted by atomic mass is 19.4. The van der Waals surface area contributed by atoms with E-state index in [2.05, 4.69) is 5.32 Å². The monoisotopic (exact) mass is 305 g/mol. The molecular weight excluding hydrogens is 296 g/mol. The minimum Gasteiger partial charge on any atom is -0.381 e. The van der Waals surface area contributed by atoms with Crippen molar-refractivity contribution in [2.75, 3.05) is 5.32 Å². The fraction of sp³-hybridized carbons (Fsp3) is 0.143. The number of nitrogens with one attached hydrogen (secondary N) is 1. The van der Waals surface area contributed by atoms with E-state index < -0.39 is 29.2 Å². The van der Waals surface area contributed by atoms with Crippen molar-refractivity contribution in [3.63, 3.8) is 0 Å². The first-order valence-corrected chi connectivity index (χ1v) is 5.82. The standard InChI is InChI=1S/C14H9F6N/c15-9-2-1-8(11(5-9)14(18,19)20)7-21-10-3-4-12(16)13(17)6-10/h1-6,21H,7H2. The molecule has 1 nitrogen and oxygen atoms in total. The summed E-state index contributed by atoms with van der Waals surface area (Å²) in [5, 5.41) is 2.53. The summed E-state index contributed by atoms with van der Waals surface area (Å²) in [7, 11) is 0. The molecule has 0 atom stereocenters. The fourth-order valence-corrected chi connectivity index (χ4v) is 1.77. The van der Waals surface area contributed by atoms with Crippen molar-refractivity contribution >= 4 is 5.69 Å². The molecule has 0 amide bonds. The van der Waals surface area contributed by atoms with Crippen molar-refractivity contribution < 1.29 is 26.3 Å². The summed E-state index contributed by atoms with van der Waals surface area (Å²) in [6.07, 6.45) is -4.70. The summed E-state index contributed by atoms with van der Waals surface area (Å²) in [6, 6.07) is 5.15. The third-order valence-corrected chi connectivity index (χ3v) is 2.78. The predicted molar refractivity (Wildman–Crippen MR) is 65.1 cm³/mol. The smallest absolute Gasteiger partial charge is 0.381 e. The van der Waals surface area contributed by atoms with E-state index in [0.29, 0.717) is 6.07 Å². The van der Waals surface area contributed by atoms with Crippen LogP contribution in [-0.2, 0) is 12.7 Å². The largest absolute Gasteiger partial charge is 0.416 e. The molecule has 7 heteroatoms. The molecule has 1 N–H and O–H groups in total. The second kappa shape index (κ2) is 5.67. The van der Waals surface area contributed by atoms with Gasteiger partial charge >= 0.3 is 6.18 Å². The highest BCUT2D eigenvalue weighted by Gasteiger charge is 2.33. The average Bonchev–Trinajstić information content (AvgIpc) is 2.40. The lowest BCUT2D eigenvalue weighted by molar-refractivity contribution is -0.138. The van der Waals surface area contributed by atoms with Gasteiger partial charge in [0.05, 0.1) is 5.56 Å². The quantitative estimate of drug-likeness (QED) is 0.808. The lowest BCUT2D eigenvalue weighted by Gasteiger charge is -2.14. The fourth-order valence-electron chi connectivity index (χ4n) is 1.77. The van der Waals surface area contributed by atoms with E-state index >= 15 is 0 Å². The molecule has 2 aromatic rings. The summed E-state index contributed by atoms with van der Waals surface area (Å²) in [5.41, 5.74) is -1.20. The summed E-state index contributed by atoms with van der Waals surface area (Å²) in [6.45, 7) is -0.305. The van der Waals surface area contributed by atoms with Gasteiger partial charge in [-0.3, -0.25) is 0 Å². The molecule has 0 saturated carbocycles. The number of halogens is 6. The number of hydrogen-bond acceptors (Lipinski definition) is 1. The van der Waals surface area contributed by atoms with Crippen molar-refractivity contribution in [2.24, 2.45) is 0 Å². The van der Waals surface area contributed by atoms with Crippen molar-refractivity contribution in [3.8, 4) is 0 Å². The van der Waals surface area contributed by atoms with Crippen LogP contribution in [0.25, 0.3) is 0 Å². The normalized spacial score (nSPS) is 11.5. The summed E-state index contributed by atoms with van der Waals surface area (Å²) in [5.74, 6) is -3.17. The second-order valence-electron chi connectivity index (χ2n) is 4.28. The molecule has 0 fully saturated rings. The maximum Gasteiger partial charge on any atom is 0.416 e. The van der Waals surface area contributed by atoms with Gasteiger partial charge in [0.2, 0.25) is 0 Å². The molecule has 112 valence electrons. The Morgan fingerprint density at radius 2 is 1.57 bits per heavy atom. The molecule has 0 bridgehead atoms. The van der Waals surface area contributed by atoms with Gasteiger partial charge in [0.1, 0.15) is 5.82 Å². The van der Waals surface area contributed by atoms with E-state index in [1.54, 1.807) is 0 Å². The van der Waals surface area contributed by atoms with Crippen molar-refractivity contribution in [3.05, 3.63) is 65.0 Å². The van der Waals surface area contributed by atoms with Crippen LogP contribution in [0.2, 0.25) is 0 Å². The van der Waals surface area contributed by atoms with Gasteiger partial charge in [-0.1, -0.05) is 6.07 Å². The third kappa shape index (κ3) is 3.68. The molecule has 21 heavy (non-hydrogen) atoms. The molecule has 0 heterocycles. The number of benzene rings is 2. The van der Waals surface area contributed by atoms with Crippen molar-refractivity contribution in [2.45, 2.75) is 12.7 Å². The molecule has 2 rings (SSSR count). The number of rotatable bonds is 3. The Bertz CT molecular complexity index is 650. The number of alkyl halides is 3. The van der Waals surface area contributed by atoms with Gasteiger partial charge in [-0.15, -0.1) is 0 Å². The van der Waals surface area contributed by atoms with E-state index in [0.717, 1.165) is 24.3 Å². The van der Waals surface area contributed by atoms with E-state index in [1.165, 1.54) is 6.07 Å². The summed E-state index contributed by atoms with van der Waals surface area (Å²) >= 11 is 0. The number of hydrogen-bond donors (Lipinski definition) is 1. The van der Waals surface area contributed by atoms with Crippen LogP contribution in [0.15, 0.2) is 36.4 Å². The predicted octanol–water partition coefficient (Wildman–Crippen LogP) is 4.73. The lowest BCUT2D eigenvalue weighted by Crippen LogP contribution is -2.12. The van der Waals surface area contributed by atoms with Gasteiger partial charge in [-0.2, -0.15) is 13.2 Å². The van der Waals surface area contributed by atoms with Crippen LogP contribution < -0.4 is 5.32 Å². The zero-order chi connectivity index (χ0) is 15.6. The van der Waals surface area contributed by atoms with Gasteiger partial charge in [0, 0.05) is 18.3 Å². The van der Waals surface area contributed by atoms with Gasteiger partial charge in [0.25, 0.3) is 0 Å². The molecule has 0 aliphatic rings. The Labute approximate surface area is 116 Å². The van der Waals surface area contributed by atoms with E-state index in [9.17, 15) is 26.3 Å². The van der Waals surface area contributed by atoms with Crippen LogP contribution in [0.4, 0.5) is 32.0 Å². The Balaban J connectivity index is 2.22. The summed E-state index contributed by atoms with van der Waals surface area (Å²) in [4.78, 5) is 0. The first-order valence-electron chi connectivity index (χ1n) is 5.82. The first kappa shape index (κ1) is 15.2. The summed E-state index contributed by atoms with van der Waals surface area (Å²) < 4.78 is 76.9. The maximum atomic E-state index is 13.0. The first-order chi connectivity index (χ1) is 9.77. The Morgan fingerprint density at radius 1 is 0.857 bits per heavy atom. The van der Waals surface area contributed by atoms with Crippen molar-refractivity contribution in [1.29, 1.82) is 0 Å². The van der Waals surface area contributed by atoms with Crippen molar-refractivity contribution in [1.82, 2.24) is 0 Å². The minimum atomic E-state index is -4.70. The minimum absolute atomic E-state index is 0.117. The molecular formula is C14H9F6N. The maximum absolute atomic E-state index is 13.0. The van der Waals surface area contributed by atoms with Crippen LogP contribution in [-0.4, -0.2) is 0 Å². The molecule has 2 aromatic carbocycles. The highest BCUT2D eigenvalue weighted by Crippen LogP contribution is 2.32. The van der Waals surface area contributed by atoms with Crippen LogP contribution in [0.5, 0.6) is 0 Å². The molecule has 0 aliphatic carbocycles. The Morgan fingerprint density at radius 3 is 2.19 bits per heavy atom. The van der Waals surface area contributed by atoms with Crippen LogP contribution in [0, 0.1) is 17.5 Å². The van der Waals surface area contributed by atoms with E-state index in [-0.39, 0.29) is 17.8 Å². The molecule has 0 radical (unpaired) electrons. The second-order valence-corrected chi connectivity index (χ2v) is 4.28. The molecule has 0 unspecified atom stereocenters. The van der Waals surface area contributed by atoms with Gasteiger partial charge < -0.3 is 5.32 Å². The van der Waals surface area contributed by atoms with Gasteiger partial charge in [-0.25, -0.2) is 13.2 Å². The topological polar surface area (TPSA) is 12.0 Å². The molecule has 0 spiro atoms. The highest BCUT2D eigenvalue weighted by molar-refractivity contribution is 5.45. The van der Waals surface area contributed by atoms with Gasteiger partial charge in [-0.05, 0) is 29.8 Å². The van der Waals surface area contributed by atoms with Crippen LogP contribution in [0.1, 0.15) is 11.1 Å². The lowest BCUT2D eigenvalue weighted by atomic mass is 10.1. The average molecular weight is 305 g/mol. The van der Waals surface area contributed by atoms with Crippen LogP contribution in [0.3, 0.4) is 0 Å². The number of anilines is 1. The third-order valence-electron chi connectivity index (χ3n) is 2.78. The van der Waals surface area contributed by atoms with E-state index in [1.807, 2.05) is 0 Å². The van der Waals surface area contributed by atoms with Gasteiger partial charge in [0.15, 0.2) is 11.6 Å². The van der Waals surface area contributed by atoms with Crippen LogP contribution >= 0.6 is 0 Å². The molecule has 0 saturated heterocycles. The zero-order valence-electron chi connectivity index (χ0n) is 10.4. The van der Waals surface area contributed by atoms with E-state index in [4.69, 9.17) is 0 Å². The zero-order valence-corrected chi connectivity index (χ0v) is 10.4. The Kier molecular flexibility index (Phi) is 4.11. The SMILES string of the molecule is Fc1ccc(CNc2ccc(F)c(F)c2)c(C(F)(F)F)c1. The molecule has 0 aromatic heterocycles. The molecule has 0 aliphatic heterocycles.